The van der Waals surface area contributed by atoms with E-state index in [4.69, 9.17) is 24.7 Å². The predicted octanol–water partition coefficient (Wildman–Crippen LogP) is 19.8. The maximum atomic E-state index is 9.21. The van der Waals surface area contributed by atoms with Crippen molar-refractivity contribution >= 4 is 86.6 Å². The Balaban J connectivity index is 0.925. The van der Waals surface area contributed by atoms with E-state index >= 15 is 0 Å². The molecule has 90 heavy (non-hydrogen) atoms. The second-order valence-electron chi connectivity index (χ2n) is 35.3. The first-order chi connectivity index (χ1) is 43.4. The highest BCUT2D eigenvalue weighted by atomic mass is 28.6. The van der Waals surface area contributed by atoms with Gasteiger partial charge in [0.25, 0.3) is 0 Å². The van der Waals surface area contributed by atoms with Crippen molar-refractivity contribution in [3.8, 4) is 0 Å². The van der Waals surface area contributed by atoms with Crippen molar-refractivity contribution in [1.29, 1.82) is 0 Å². The molecule has 0 spiro atoms. The maximum Gasteiger partial charge on any atom is 0.482 e. The van der Waals surface area contributed by atoms with Crippen LogP contribution >= 0.6 is 0 Å². The fourth-order valence-corrected chi connectivity index (χ4v) is 83.6. The summed E-state index contributed by atoms with van der Waals surface area (Å²) in [6.07, 6.45) is 56.8. The highest BCUT2D eigenvalue weighted by molar-refractivity contribution is 7.02. The number of hydrogen-bond acceptors (Lipinski definition) is 12. The van der Waals surface area contributed by atoms with E-state index in [0.29, 0.717) is 35.5 Å². The molecule has 16 rings (SSSR count). The Labute approximate surface area is 555 Å². The fraction of sp³-hybridized carbons (Fsp3) is 0.912. The van der Waals surface area contributed by atoms with E-state index in [1.54, 1.807) is 0 Å². The van der Waals surface area contributed by atoms with Crippen LogP contribution in [0.4, 0.5) is 0 Å². The molecule has 3 heterocycles. The molecular formula is C68H120O12Si10. The van der Waals surface area contributed by atoms with Crippen molar-refractivity contribution in [3.05, 3.63) is 36.5 Å². The van der Waals surface area contributed by atoms with Gasteiger partial charge in [0, 0.05) is 38.8 Å². The van der Waals surface area contributed by atoms with Crippen LogP contribution in [0.1, 0.15) is 238 Å². The predicted molar refractivity (Wildman–Crippen MR) is 376 cm³/mol. The lowest BCUT2D eigenvalue weighted by molar-refractivity contribution is -0.00700. The summed E-state index contributed by atoms with van der Waals surface area (Å²) in [5.41, 5.74) is 0.371. The molecule has 12 nitrogen and oxygen atoms in total. The summed E-state index contributed by atoms with van der Waals surface area (Å²) in [5.74, 6) is 6.48. The molecule has 3 aliphatic heterocycles. The summed E-state index contributed by atoms with van der Waals surface area (Å²) in [6, 6.07) is 3.24. The zero-order valence-corrected chi connectivity index (χ0v) is 66.9. The van der Waals surface area contributed by atoms with Crippen LogP contribution in [-0.4, -0.2) is 86.6 Å². The third kappa shape index (κ3) is 12.7. The minimum atomic E-state index is -4.17. The number of allylic oxidation sites excluding steroid dienone is 6. The van der Waals surface area contributed by atoms with E-state index in [2.05, 4.69) is 75.7 Å². The van der Waals surface area contributed by atoms with Crippen molar-refractivity contribution in [2.75, 3.05) is 0 Å². The van der Waals surface area contributed by atoms with E-state index in [9.17, 15) is 24.7 Å². The monoisotopic (exact) mass is 1410 g/mol. The molecule has 0 radical (unpaired) electrons. The molecule has 3 saturated heterocycles. The summed E-state index contributed by atoms with van der Waals surface area (Å²) < 4.78 is 109. The molecule has 22 heteroatoms. The van der Waals surface area contributed by atoms with Crippen molar-refractivity contribution in [2.45, 2.75) is 334 Å². The van der Waals surface area contributed by atoms with Crippen molar-refractivity contribution < 1.29 is 49.4 Å². The largest absolute Gasteiger partial charge is 0.482 e. The van der Waals surface area contributed by atoms with Crippen LogP contribution in [0.2, 0.25) is 96.2 Å². The third-order valence-corrected chi connectivity index (χ3v) is 73.5. The molecule has 0 aromatic carbocycles. The minimum absolute atomic E-state index is 0.0356. The van der Waals surface area contributed by atoms with Crippen molar-refractivity contribution in [1.82, 2.24) is 0 Å². The summed E-state index contributed by atoms with van der Waals surface area (Å²) in [6.45, 7) is 15.3. The standard InChI is InChI=1S/C68H120O12Si10/c1-81(2,44-41-59-50-53-35-38-56(59)47-53)69-84(62-21-7-8-22-62)72-87(65-27-13-14-28-65)74-85(63-23-9-10-24-63,70-82(3,4)45-42-60-51-54-36-39-57(60)48-54)76-89(67-31-17-18-32-67)77-86(64-25-11-12-26-64,71-83(5,6)46-43-61-52-55-37-40-58(61)49-55)75-88(73-84,66-29-15-16-30-66)79-90(78-87,80-89)68-33-19-20-34-68/h35-40,53-68H,7-34,41-52H2,1-6H3. The van der Waals surface area contributed by atoms with E-state index < -0.39 is 86.6 Å². The van der Waals surface area contributed by atoms with Crippen LogP contribution in [0.25, 0.3) is 0 Å². The lowest BCUT2D eigenvalue weighted by atomic mass is 9.91. The molecular weight excluding hydrogens is 1290 g/mol. The molecule has 0 aromatic rings. The Kier molecular flexibility index (Phi) is 18.6. The number of fused-ring (bicyclic) bond motifs is 9. The topological polar surface area (TPSA) is 111 Å². The van der Waals surface area contributed by atoms with Crippen molar-refractivity contribution in [3.63, 3.8) is 0 Å². The quantitative estimate of drug-likeness (QED) is 0.0760. The lowest BCUT2D eigenvalue weighted by Crippen LogP contribution is -2.86. The van der Waals surface area contributed by atoms with Gasteiger partial charge < -0.3 is 49.4 Å². The van der Waals surface area contributed by atoms with Gasteiger partial charge in [-0.15, -0.1) is 0 Å². The van der Waals surface area contributed by atoms with Gasteiger partial charge in [-0.1, -0.05) is 146 Å². The Bertz CT molecular complexity index is 2340. The van der Waals surface area contributed by atoms with Gasteiger partial charge in [0.2, 0.25) is 0 Å². The van der Waals surface area contributed by atoms with Crippen molar-refractivity contribution in [2.24, 2.45) is 53.3 Å². The Morgan fingerprint density at radius 2 is 0.489 bits per heavy atom. The third-order valence-electron chi connectivity index (χ3n) is 27.4. The molecule has 13 fully saturated rings. The molecule has 0 amide bonds. The van der Waals surface area contributed by atoms with E-state index in [1.807, 2.05) is 0 Å². The normalized spacial score (nSPS) is 45.5. The average Bonchev–Trinajstić information content (AvgIpc) is 1.32. The zero-order chi connectivity index (χ0) is 61.2. The van der Waals surface area contributed by atoms with E-state index in [1.165, 1.54) is 57.8 Å². The second-order valence-corrected chi connectivity index (χ2v) is 71.4. The van der Waals surface area contributed by atoms with Gasteiger partial charge in [-0.05, 0) is 239 Å². The van der Waals surface area contributed by atoms with Gasteiger partial charge in [0.15, 0.2) is 25.0 Å². The van der Waals surface area contributed by atoms with Gasteiger partial charge >= 0.3 is 61.6 Å². The van der Waals surface area contributed by atoms with Crippen LogP contribution in [0.15, 0.2) is 36.5 Å². The first kappa shape index (κ1) is 65.5. The van der Waals surface area contributed by atoms with Crippen LogP contribution < -0.4 is 0 Å². The molecule has 9 unspecified atom stereocenters. The van der Waals surface area contributed by atoms with Crippen LogP contribution in [0.3, 0.4) is 0 Å². The van der Waals surface area contributed by atoms with Gasteiger partial charge in [-0.2, -0.15) is 0 Å². The molecule has 10 saturated carbocycles. The summed E-state index contributed by atoms with van der Waals surface area (Å²) in [7, 11) is -36.9. The number of rotatable bonds is 22. The van der Waals surface area contributed by atoms with Gasteiger partial charge in [0.1, 0.15) is 0 Å². The van der Waals surface area contributed by atoms with Crippen LogP contribution in [-0.2, 0) is 49.4 Å². The minimum Gasteiger partial charge on any atom is -0.416 e. The summed E-state index contributed by atoms with van der Waals surface area (Å²) >= 11 is 0. The smallest absolute Gasteiger partial charge is 0.416 e. The van der Waals surface area contributed by atoms with E-state index in [-0.39, 0.29) is 38.8 Å². The summed E-state index contributed by atoms with van der Waals surface area (Å²) in [4.78, 5) is 0. The Morgan fingerprint density at radius 1 is 0.278 bits per heavy atom. The molecule has 0 aromatic heterocycles. The average molecular weight is 1410 g/mol. The summed E-state index contributed by atoms with van der Waals surface area (Å²) in [5, 5.41) is 0. The fourth-order valence-electron chi connectivity index (χ4n) is 22.5. The van der Waals surface area contributed by atoms with Crippen LogP contribution in [0, 0.1) is 53.3 Å². The van der Waals surface area contributed by atoms with Gasteiger partial charge in [-0.3, -0.25) is 0 Å². The zero-order valence-electron chi connectivity index (χ0n) is 56.9. The first-order valence-electron chi connectivity index (χ1n) is 38.8. The Morgan fingerprint density at radius 3 is 0.689 bits per heavy atom. The van der Waals surface area contributed by atoms with E-state index in [0.717, 1.165) is 216 Å². The molecule has 13 aliphatic carbocycles. The van der Waals surface area contributed by atoms with Gasteiger partial charge in [0.05, 0.1) is 0 Å². The molecule has 9 atom stereocenters. The molecule has 0 N–H and O–H groups in total. The SMILES string of the molecule is C[Si](C)(CCC1CC2C=CC1C2)O[Si]1(C2CCCC2)O[Si]2(C3CCCC3)O[Si](O[Si](C)(C)CCC3CC4C=CC3C4)(C3CCCC3)O[Si]3(C4CCCC4)O[Si](O[Si](C)(C)CCC4CC5C=CC4C5)(C4CCCC4)O[Si](C4CCCC4)(O1)O[Si](C1CCCC1)(O2)O3. The molecule has 16 aliphatic rings. The second kappa shape index (κ2) is 25.5. The first-order valence-corrected chi connectivity index (χ1v) is 60.8. The highest BCUT2D eigenvalue weighted by Crippen LogP contribution is 2.65. The molecule has 10 bridgehead atoms. The van der Waals surface area contributed by atoms with Gasteiger partial charge in [-0.25, -0.2) is 0 Å². The maximum absolute atomic E-state index is 9.21. The van der Waals surface area contributed by atoms with Crippen LogP contribution in [0.5, 0.6) is 0 Å². The number of hydrogen-bond donors (Lipinski definition) is 0. The Hall–Kier alpha value is 0.909. The lowest BCUT2D eigenvalue weighted by Gasteiger charge is -2.63. The highest BCUT2D eigenvalue weighted by Gasteiger charge is 2.84. The molecule has 504 valence electrons.